The van der Waals surface area contributed by atoms with E-state index in [0.29, 0.717) is 17.9 Å². The van der Waals surface area contributed by atoms with Gasteiger partial charge in [0.25, 0.3) is 5.91 Å². The van der Waals surface area contributed by atoms with E-state index < -0.39 is 6.04 Å². The topological polar surface area (TPSA) is 67.9 Å². The lowest BCUT2D eigenvalue weighted by Crippen LogP contribution is -2.51. The number of ether oxygens (including phenoxy) is 2. The van der Waals surface area contributed by atoms with Crippen molar-refractivity contribution in [3.8, 4) is 11.5 Å². The molecule has 0 aliphatic carbocycles. The van der Waals surface area contributed by atoms with Crippen molar-refractivity contribution in [2.24, 2.45) is 0 Å². The Bertz CT molecular complexity index is 1090. The second-order valence-corrected chi connectivity index (χ2v) is 8.31. The molecule has 0 unspecified atom stereocenters. The van der Waals surface area contributed by atoms with Crippen molar-refractivity contribution in [1.82, 2.24) is 10.2 Å². The minimum absolute atomic E-state index is 0.171. The van der Waals surface area contributed by atoms with Crippen LogP contribution in [0.1, 0.15) is 22.3 Å². The predicted molar refractivity (Wildman–Crippen MR) is 133 cm³/mol. The van der Waals surface area contributed by atoms with Crippen LogP contribution in [0.3, 0.4) is 0 Å². The fourth-order valence-corrected chi connectivity index (χ4v) is 3.93. The Hall–Kier alpha value is -3.80. The smallest absolute Gasteiger partial charge is 0.261 e. The first-order chi connectivity index (χ1) is 16.4. The highest BCUT2D eigenvalue weighted by atomic mass is 16.5. The molecule has 0 radical (unpaired) electrons. The van der Waals surface area contributed by atoms with Gasteiger partial charge in [0.15, 0.2) is 6.61 Å². The van der Waals surface area contributed by atoms with Gasteiger partial charge in [0.1, 0.15) is 17.5 Å². The van der Waals surface area contributed by atoms with E-state index in [1.54, 1.807) is 19.1 Å². The number of nitrogens with one attached hydrogen (secondary N) is 1. The van der Waals surface area contributed by atoms with E-state index in [4.69, 9.17) is 9.47 Å². The molecule has 6 nitrogen and oxygen atoms in total. The first-order valence-electron chi connectivity index (χ1n) is 11.3. The fraction of sp³-hybridized carbons (Fsp3) is 0.286. The summed E-state index contributed by atoms with van der Waals surface area (Å²) in [5.74, 6) is 0.820. The molecule has 0 aliphatic heterocycles. The summed E-state index contributed by atoms with van der Waals surface area (Å²) in [5, 5.41) is 2.72. The van der Waals surface area contributed by atoms with Crippen LogP contribution in [0.5, 0.6) is 11.5 Å². The molecular weight excluding hydrogens is 428 g/mol. The number of likely N-dealkylation sites (N-methyl/N-ethyl adjacent to an activating group) is 1. The number of benzene rings is 3. The zero-order valence-corrected chi connectivity index (χ0v) is 20.2. The van der Waals surface area contributed by atoms with Crippen LogP contribution in [0.25, 0.3) is 0 Å². The number of hydrogen-bond acceptors (Lipinski definition) is 4. The molecule has 3 aromatic rings. The Morgan fingerprint density at radius 2 is 1.56 bits per heavy atom. The molecule has 3 aromatic carbocycles. The molecule has 0 saturated heterocycles. The van der Waals surface area contributed by atoms with Gasteiger partial charge in [0.05, 0.1) is 7.11 Å². The number of carbonyl (C=O) groups excluding carboxylic acids is 2. The van der Waals surface area contributed by atoms with Crippen LogP contribution in [-0.4, -0.2) is 43.5 Å². The van der Waals surface area contributed by atoms with Crippen LogP contribution in [0, 0.1) is 13.8 Å². The summed E-state index contributed by atoms with van der Waals surface area (Å²) >= 11 is 0. The van der Waals surface area contributed by atoms with Gasteiger partial charge in [-0.25, -0.2) is 0 Å². The van der Waals surface area contributed by atoms with Crippen molar-refractivity contribution in [3.63, 3.8) is 0 Å². The monoisotopic (exact) mass is 460 g/mol. The fourth-order valence-electron chi connectivity index (χ4n) is 3.93. The molecule has 0 aliphatic rings. The van der Waals surface area contributed by atoms with Crippen LogP contribution >= 0.6 is 0 Å². The van der Waals surface area contributed by atoms with Crippen LogP contribution in [-0.2, 0) is 22.6 Å². The van der Waals surface area contributed by atoms with Gasteiger partial charge < -0.3 is 19.7 Å². The van der Waals surface area contributed by atoms with Crippen LogP contribution in [0.2, 0.25) is 0 Å². The molecule has 178 valence electrons. The molecule has 0 fully saturated rings. The maximum absolute atomic E-state index is 13.5. The summed E-state index contributed by atoms with van der Waals surface area (Å²) in [7, 11) is 3.18. The molecule has 0 heterocycles. The summed E-state index contributed by atoms with van der Waals surface area (Å²) in [6.45, 7) is 4.04. The van der Waals surface area contributed by atoms with E-state index >= 15 is 0 Å². The number of rotatable bonds is 10. The minimum atomic E-state index is -0.700. The molecule has 0 bridgehead atoms. The standard InChI is InChI=1S/C28H32N2O4/c1-20-13-21(2)15-25(14-20)34-19-27(31)30(18-23-11-8-12-24(16-23)33-4)26(28(32)29-3)17-22-9-6-5-7-10-22/h5-16,26H,17-19H2,1-4H3,(H,29,32)/t26-/m0/s1. The van der Waals surface area contributed by atoms with Gasteiger partial charge in [-0.3, -0.25) is 9.59 Å². The average Bonchev–Trinajstić information content (AvgIpc) is 2.84. The number of hydrogen-bond donors (Lipinski definition) is 1. The maximum Gasteiger partial charge on any atom is 0.261 e. The van der Waals surface area contributed by atoms with E-state index in [0.717, 1.165) is 22.3 Å². The predicted octanol–water partition coefficient (Wildman–Crippen LogP) is 4.08. The Balaban J connectivity index is 1.89. The Morgan fingerprint density at radius 1 is 0.882 bits per heavy atom. The molecule has 2 amide bonds. The van der Waals surface area contributed by atoms with E-state index in [2.05, 4.69) is 5.32 Å². The summed E-state index contributed by atoms with van der Waals surface area (Å²) in [6.07, 6.45) is 0.389. The molecule has 0 saturated carbocycles. The van der Waals surface area contributed by atoms with Crippen molar-refractivity contribution < 1.29 is 19.1 Å². The van der Waals surface area contributed by atoms with Gasteiger partial charge in [0.2, 0.25) is 5.91 Å². The van der Waals surface area contributed by atoms with Crippen molar-refractivity contribution in [3.05, 3.63) is 95.1 Å². The van der Waals surface area contributed by atoms with Gasteiger partial charge in [0, 0.05) is 20.0 Å². The zero-order valence-electron chi connectivity index (χ0n) is 20.2. The number of aryl methyl sites for hydroxylation is 2. The third-order valence-corrected chi connectivity index (χ3v) is 5.56. The second kappa shape index (κ2) is 11.9. The summed E-state index contributed by atoms with van der Waals surface area (Å²) in [5.41, 5.74) is 3.95. The van der Waals surface area contributed by atoms with Gasteiger partial charge >= 0.3 is 0 Å². The molecule has 3 rings (SSSR count). The first-order valence-corrected chi connectivity index (χ1v) is 11.3. The van der Waals surface area contributed by atoms with E-state index in [1.807, 2.05) is 86.6 Å². The lowest BCUT2D eigenvalue weighted by atomic mass is 10.0. The van der Waals surface area contributed by atoms with Crippen molar-refractivity contribution in [2.75, 3.05) is 20.8 Å². The van der Waals surface area contributed by atoms with Crippen LogP contribution in [0.4, 0.5) is 0 Å². The molecule has 0 spiro atoms. The van der Waals surface area contributed by atoms with Crippen molar-refractivity contribution >= 4 is 11.8 Å². The third-order valence-electron chi connectivity index (χ3n) is 5.56. The highest BCUT2D eigenvalue weighted by Crippen LogP contribution is 2.20. The molecule has 0 aromatic heterocycles. The largest absolute Gasteiger partial charge is 0.497 e. The Morgan fingerprint density at radius 3 is 2.21 bits per heavy atom. The summed E-state index contributed by atoms with van der Waals surface area (Å²) < 4.78 is 11.2. The zero-order chi connectivity index (χ0) is 24.5. The summed E-state index contributed by atoms with van der Waals surface area (Å²) in [4.78, 5) is 28.0. The SMILES string of the molecule is CNC(=O)[C@H](Cc1ccccc1)N(Cc1cccc(OC)c1)C(=O)COc1cc(C)cc(C)c1. The minimum Gasteiger partial charge on any atom is -0.497 e. The van der Waals surface area contributed by atoms with Gasteiger partial charge in [-0.1, -0.05) is 48.5 Å². The molecule has 34 heavy (non-hydrogen) atoms. The molecular formula is C28H32N2O4. The van der Waals surface area contributed by atoms with Gasteiger partial charge in [-0.2, -0.15) is 0 Å². The Kier molecular flexibility index (Phi) is 8.68. The molecule has 1 N–H and O–H groups in total. The Labute approximate surface area is 201 Å². The highest BCUT2D eigenvalue weighted by Gasteiger charge is 2.30. The lowest BCUT2D eigenvalue weighted by Gasteiger charge is -2.31. The number of methoxy groups -OCH3 is 1. The normalized spacial score (nSPS) is 11.4. The second-order valence-electron chi connectivity index (χ2n) is 8.31. The summed E-state index contributed by atoms with van der Waals surface area (Å²) in [6, 6.07) is 22.3. The lowest BCUT2D eigenvalue weighted by molar-refractivity contribution is -0.142. The average molecular weight is 461 g/mol. The highest BCUT2D eigenvalue weighted by molar-refractivity contribution is 5.88. The van der Waals surface area contributed by atoms with Crippen molar-refractivity contribution in [2.45, 2.75) is 32.9 Å². The molecule has 6 heteroatoms. The number of nitrogens with zero attached hydrogens (tertiary/aromatic N) is 1. The van der Waals surface area contributed by atoms with Crippen LogP contribution in [0.15, 0.2) is 72.8 Å². The third kappa shape index (κ3) is 6.85. The van der Waals surface area contributed by atoms with Crippen molar-refractivity contribution in [1.29, 1.82) is 0 Å². The van der Waals surface area contributed by atoms with E-state index in [9.17, 15) is 9.59 Å². The molecule has 1 atom stereocenters. The maximum atomic E-state index is 13.5. The first kappa shape index (κ1) is 24.8. The number of amides is 2. The van der Waals surface area contributed by atoms with Gasteiger partial charge in [-0.05, 0) is 60.4 Å². The van der Waals surface area contributed by atoms with Gasteiger partial charge in [-0.15, -0.1) is 0 Å². The van der Waals surface area contributed by atoms with Crippen LogP contribution < -0.4 is 14.8 Å². The van der Waals surface area contributed by atoms with E-state index in [1.165, 1.54) is 0 Å². The quantitative estimate of drug-likeness (QED) is 0.495. The number of carbonyl (C=O) groups is 2. The van der Waals surface area contributed by atoms with E-state index in [-0.39, 0.29) is 25.0 Å².